The largest absolute Gasteiger partial charge is 0.351 e. The molecule has 0 saturated heterocycles. The van der Waals surface area contributed by atoms with Gasteiger partial charge in [0, 0.05) is 10.9 Å². The third kappa shape index (κ3) is 3.22. The van der Waals surface area contributed by atoms with Crippen LogP contribution in [-0.4, -0.2) is 14.3 Å². The van der Waals surface area contributed by atoms with E-state index >= 15 is 0 Å². The van der Waals surface area contributed by atoms with Crippen LogP contribution in [0.5, 0.6) is 0 Å². The Morgan fingerprint density at radius 2 is 1.79 bits per heavy atom. The van der Waals surface area contributed by atoms with Gasteiger partial charge in [-0.1, -0.05) is 47.5 Å². The van der Waals surface area contributed by atoms with Gasteiger partial charge in [-0.2, -0.15) is 9.78 Å². The Hall–Kier alpha value is -1.75. The second-order valence-electron chi connectivity index (χ2n) is 5.33. The molecule has 0 atom stereocenters. The molecule has 0 radical (unpaired) electrons. The topological polar surface area (TPSA) is 39.8 Å². The number of rotatable bonds is 4. The molecule has 4 nitrogen and oxygen atoms in total. The van der Waals surface area contributed by atoms with Gasteiger partial charge in [-0.05, 0) is 36.2 Å². The zero-order valence-electron chi connectivity index (χ0n) is 12.8. The Morgan fingerprint density at radius 1 is 1.08 bits per heavy atom. The summed E-state index contributed by atoms with van der Waals surface area (Å²) in [5.74, 6) is 0.983. The van der Waals surface area contributed by atoms with E-state index in [0.29, 0.717) is 34.0 Å². The third-order valence-electron chi connectivity index (χ3n) is 3.78. The monoisotopic (exact) mass is 381 g/mol. The second kappa shape index (κ2) is 7.01. The average molecular weight is 383 g/mol. The van der Waals surface area contributed by atoms with E-state index in [9.17, 15) is 4.79 Å². The van der Waals surface area contributed by atoms with Crippen LogP contribution in [0, 0.1) is 6.92 Å². The zero-order chi connectivity index (χ0) is 17.3. The molecule has 3 rings (SSSR count). The Bertz CT molecular complexity index is 946. The standard InChI is InChI=1S/C17H14Cl3N3O/c1-11-21-23(16-7-6-14(19)8-15(16)20)17(24)22(11)10-13-5-3-2-4-12(13)9-18/h2-8H,9-10H2,1H3. The summed E-state index contributed by atoms with van der Waals surface area (Å²) in [5, 5.41) is 5.20. The predicted molar refractivity (Wildman–Crippen MR) is 97.7 cm³/mol. The molecule has 0 fully saturated rings. The third-order valence-corrected chi connectivity index (χ3v) is 4.60. The molecular weight excluding hydrogens is 369 g/mol. The Morgan fingerprint density at radius 3 is 2.46 bits per heavy atom. The van der Waals surface area contributed by atoms with Crippen molar-refractivity contribution in [3.8, 4) is 5.69 Å². The summed E-state index contributed by atoms with van der Waals surface area (Å²) in [5.41, 5.74) is 2.21. The number of hydrogen-bond acceptors (Lipinski definition) is 2. The molecule has 0 spiro atoms. The Labute approximate surface area is 154 Å². The summed E-state index contributed by atoms with van der Waals surface area (Å²) >= 11 is 18.1. The molecule has 0 bridgehead atoms. The minimum atomic E-state index is -0.263. The molecule has 0 N–H and O–H groups in total. The predicted octanol–water partition coefficient (Wildman–Crippen LogP) is 4.44. The molecule has 1 aromatic heterocycles. The maximum Gasteiger partial charge on any atom is 0.351 e. The van der Waals surface area contributed by atoms with Crippen LogP contribution in [0.1, 0.15) is 17.0 Å². The van der Waals surface area contributed by atoms with Crippen molar-refractivity contribution < 1.29 is 0 Å². The van der Waals surface area contributed by atoms with Crippen LogP contribution in [0.15, 0.2) is 47.3 Å². The lowest BCUT2D eigenvalue weighted by Crippen LogP contribution is -2.25. The first kappa shape index (κ1) is 17.1. The van der Waals surface area contributed by atoms with Crippen molar-refractivity contribution in [3.05, 3.63) is 79.9 Å². The van der Waals surface area contributed by atoms with Crippen molar-refractivity contribution in [3.63, 3.8) is 0 Å². The van der Waals surface area contributed by atoms with Crippen molar-refractivity contribution in [1.82, 2.24) is 14.3 Å². The van der Waals surface area contributed by atoms with Crippen LogP contribution >= 0.6 is 34.8 Å². The van der Waals surface area contributed by atoms with Crippen molar-refractivity contribution in [1.29, 1.82) is 0 Å². The maximum absolute atomic E-state index is 12.8. The molecule has 0 aliphatic carbocycles. The number of nitrogens with zero attached hydrogens (tertiary/aromatic N) is 3. The normalized spacial score (nSPS) is 11.0. The van der Waals surface area contributed by atoms with Gasteiger partial charge in [-0.25, -0.2) is 4.79 Å². The van der Waals surface area contributed by atoms with Crippen molar-refractivity contribution in [2.45, 2.75) is 19.3 Å². The SMILES string of the molecule is Cc1nn(-c2ccc(Cl)cc2Cl)c(=O)n1Cc1ccccc1CCl. The highest BCUT2D eigenvalue weighted by Crippen LogP contribution is 2.23. The quantitative estimate of drug-likeness (QED) is 0.626. The molecule has 0 aliphatic heterocycles. The molecule has 0 amide bonds. The van der Waals surface area contributed by atoms with Gasteiger partial charge >= 0.3 is 5.69 Å². The summed E-state index contributed by atoms with van der Waals surface area (Å²) in [6.07, 6.45) is 0. The highest BCUT2D eigenvalue weighted by molar-refractivity contribution is 6.35. The Balaban J connectivity index is 2.06. The summed E-state index contributed by atoms with van der Waals surface area (Å²) < 4.78 is 2.88. The van der Waals surface area contributed by atoms with E-state index in [1.165, 1.54) is 4.68 Å². The molecule has 2 aromatic carbocycles. The fraction of sp³-hybridized carbons (Fsp3) is 0.176. The second-order valence-corrected chi connectivity index (χ2v) is 6.44. The molecule has 1 heterocycles. The number of alkyl halides is 1. The summed E-state index contributed by atoms with van der Waals surface area (Å²) in [6, 6.07) is 12.7. The lowest BCUT2D eigenvalue weighted by atomic mass is 10.1. The van der Waals surface area contributed by atoms with E-state index in [1.807, 2.05) is 24.3 Å². The number of aryl methyl sites for hydroxylation is 1. The van der Waals surface area contributed by atoms with E-state index in [1.54, 1.807) is 29.7 Å². The highest BCUT2D eigenvalue weighted by Gasteiger charge is 2.15. The van der Waals surface area contributed by atoms with Gasteiger partial charge < -0.3 is 0 Å². The molecule has 124 valence electrons. The van der Waals surface area contributed by atoms with E-state index in [4.69, 9.17) is 34.8 Å². The average Bonchev–Trinajstić information content (AvgIpc) is 2.83. The van der Waals surface area contributed by atoms with Gasteiger partial charge in [0.2, 0.25) is 0 Å². The van der Waals surface area contributed by atoms with Crippen LogP contribution in [0.3, 0.4) is 0 Å². The minimum Gasteiger partial charge on any atom is -0.274 e. The van der Waals surface area contributed by atoms with Gasteiger partial charge in [-0.15, -0.1) is 11.6 Å². The first-order valence-electron chi connectivity index (χ1n) is 7.26. The first-order chi connectivity index (χ1) is 11.5. The molecular formula is C17H14Cl3N3O. The Kier molecular flexibility index (Phi) is 4.99. The summed E-state index contributed by atoms with van der Waals surface area (Å²) in [6.45, 7) is 2.18. The fourth-order valence-electron chi connectivity index (χ4n) is 2.50. The number of hydrogen-bond donors (Lipinski definition) is 0. The van der Waals surface area contributed by atoms with Gasteiger partial charge in [0.15, 0.2) is 0 Å². The van der Waals surface area contributed by atoms with Gasteiger partial charge in [0.05, 0.1) is 17.3 Å². The highest BCUT2D eigenvalue weighted by atomic mass is 35.5. The molecule has 3 aromatic rings. The zero-order valence-corrected chi connectivity index (χ0v) is 15.1. The molecule has 0 saturated carbocycles. The van der Waals surface area contributed by atoms with Crippen LogP contribution in [0.25, 0.3) is 5.69 Å². The summed E-state index contributed by atoms with van der Waals surface area (Å²) in [7, 11) is 0. The van der Waals surface area contributed by atoms with E-state index in [-0.39, 0.29) is 5.69 Å². The molecule has 24 heavy (non-hydrogen) atoms. The van der Waals surface area contributed by atoms with Crippen molar-refractivity contribution in [2.75, 3.05) is 0 Å². The fourth-order valence-corrected chi connectivity index (χ4v) is 3.25. The molecule has 0 unspecified atom stereocenters. The number of benzene rings is 2. The number of aromatic nitrogens is 3. The van der Waals surface area contributed by atoms with E-state index in [0.717, 1.165) is 11.1 Å². The van der Waals surface area contributed by atoms with Gasteiger partial charge in [-0.3, -0.25) is 4.57 Å². The minimum absolute atomic E-state index is 0.263. The lowest BCUT2D eigenvalue weighted by molar-refractivity contribution is 0.719. The number of halogens is 3. The van der Waals surface area contributed by atoms with Crippen LogP contribution in [0.2, 0.25) is 10.0 Å². The van der Waals surface area contributed by atoms with Crippen LogP contribution in [0.4, 0.5) is 0 Å². The lowest BCUT2D eigenvalue weighted by Gasteiger charge is -2.08. The van der Waals surface area contributed by atoms with Gasteiger partial charge in [0.1, 0.15) is 5.82 Å². The molecule has 7 heteroatoms. The first-order valence-corrected chi connectivity index (χ1v) is 8.55. The summed E-state index contributed by atoms with van der Waals surface area (Å²) in [4.78, 5) is 12.8. The van der Waals surface area contributed by atoms with Crippen molar-refractivity contribution >= 4 is 34.8 Å². The molecule has 0 aliphatic rings. The van der Waals surface area contributed by atoms with Gasteiger partial charge in [0.25, 0.3) is 0 Å². The smallest absolute Gasteiger partial charge is 0.274 e. The van der Waals surface area contributed by atoms with Crippen molar-refractivity contribution in [2.24, 2.45) is 0 Å². The van der Waals surface area contributed by atoms with E-state index < -0.39 is 0 Å². The van der Waals surface area contributed by atoms with Crippen LogP contribution < -0.4 is 5.69 Å². The maximum atomic E-state index is 12.8. The van der Waals surface area contributed by atoms with Crippen LogP contribution in [-0.2, 0) is 12.4 Å². The van der Waals surface area contributed by atoms with E-state index in [2.05, 4.69) is 5.10 Å².